The van der Waals surface area contributed by atoms with E-state index in [0.717, 1.165) is 0 Å². The molecule has 6 nitrogen and oxygen atoms in total. The van der Waals surface area contributed by atoms with E-state index in [4.69, 9.17) is 13.9 Å². The van der Waals surface area contributed by atoms with Crippen LogP contribution in [-0.2, 0) is 16.1 Å². The largest absolute Gasteiger partial charge is 0.481 e. The molecule has 0 aliphatic heterocycles. The van der Waals surface area contributed by atoms with Crippen molar-refractivity contribution >= 4 is 11.9 Å². The van der Waals surface area contributed by atoms with Crippen LogP contribution in [-0.4, -0.2) is 17.0 Å². The summed E-state index contributed by atoms with van der Waals surface area (Å²) in [6.45, 7) is 0.211. The molecule has 1 atom stereocenters. The van der Waals surface area contributed by atoms with Crippen molar-refractivity contribution in [3.63, 3.8) is 0 Å². The summed E-state index contributed by atoms with van der Waals surface area (Å²) >= 11 is 0. The number of rotatable bonds is 6. The minimum Gasteiger partial charge on any atom is -0.481 e. The van der Waals surface area contributed by atoms with Crippen molar-refractivity contribution in [3.05, 3.63) is 48.3 Å². The number of amides is 1. The zero-order valence-corrected chi connectivity index (χ0v) is 10.0. The van der Waals surface area contributed by atoms with Crippen LogP contribution in [0.3, 0.4) is 0 Å². The number of carboxylic acids is 1. The highest BCUT2D eigenvalue weighted by Gasteiger charge is 2.26. The third-order valence-electron chi connectivity index (χ3n) is 2.60. The number of hydrogen-bond donors (Lipinski definition) is 2. The number of hydrogen-bond acceptors (Lipinski definition) is 4. The van der Waals surface area contributed by atoms with Crippen LogP contribution in [0.1, 0.15) is 23.9 Å². The summed E-state index contributed by atoms with van der Waals surface area (Å²) in [5.41, 5.74) is 0. The van der Waals surface area contributed by atoms with Crippen LogP contribution in [0.25, 0.3) is 0 Å². The topological polar surface area (TPSA) is 92.7 Å². The molecule has 19 heavy (non-hydrogen) atoms. The lowest BCUT2D eigenvalue weighted by molar-refractivity contribution is -0.139. The molecule has 2 rings (SSSR count). The molecule has 0 saturated carbocycles. The molecule has 0 saturated heterocycles. The molecule has 0 aliphatic rings. The van der Waals surface area contributed by atoms with Gasteiger partial charge in [-0.25, -0.2) is 0 Å². The fourth-order valence-corrected chi connectivity index (χ4v) is 1.70. The van der Waals surface area contributed by atoms with Crippen LogP contribution >= 0.6 is 0 Å². The first-order valence-corrected chi connectivity index (χ1v) is 5.72. The number of furan rings is 2. The fourth-order valence-electron chi connectivity index (χ4n) is 1.70. The Morgan fingerprint density at radius 2 is 1.95 bits per heavy atom. The maximum Gasteiger partial charge on any atom is 0.304 e. The van der Waals surface area contributed by atoms with Gasteiger partial charge in [-0.1, -0.05) is 0 Å². The predicted octanol–water partition coefficient (Wildman–Crippen LogP) is 1.75. The molecule has 0 fully saturated rings. The van der Waals surface area contributed by atoms with Gasteiger partial charge in [0.25, 0.3) is 0 Å². The third kappa shape index (κ3) is 3.48. The highest BCUT2D eigenvalue weighted by Crippen LogP contribution is 2.20. The van der Waals surface area contributed by atoms with E-state index in [9.17, 15) is 9.59 Å². The highest BCUT2D eigenvalue weighted by atomic mass is 16.4. The van der Waals surface area contributed by atoms with Crippen LogP contribution in [0.15, 0.2) is 45.6 Å². The van der Waals surface area contributed by atoms with Crippen molar-refractivity contribution in [1.29, 1.82) is 0 Å². The predicted molar refractivity (Wildman–Crippen MR) is 64.3 cm³/mol. The lowest BCUT2D eigenvalue weighted by Crippen LogP contribution is -2.30. The van der Waals surface area contributed by atoms with Crippen LogP contribution in [0.2, 0.25) is 0 Å². The molecule has 2 aromatic rings. The van der Waals surface area contributed by atoms with E-state index in [-0.39, 0.29) is 13.0 Å². The van der Waals surface area contributed by atoms with E-state index >= 15 is 0 Å². The second kappa shape index (κ2) is 5.90. The van der Waals surface area contributed by atoms with Crippen LogP contribution < -0.4 is 5.32 Å². The Labute approximate surface area is 109 Å². The molecule has 2 N–H and O–H groups in total. The maximum atomic E-state index is 12.0. The van der Waals surface area contributed by atoms with Gasteiger partial charge in [0.15, 0.2) is 0 Å². The molecule has 0 bridgehead atoms. The standard InChI is InChI=1S/C13H13NO5/c15-12(16)7-10(11-4-2-6-19-11)13(17)14-8-9-3-1-5-18-9/h1-6,10H,7-8H2,(H,14,17)(H,15,16). The van der Waals surface area contributed by atoms with Crippen molar-refractivity contribution < 1.29 is 23.5 Å². The Morgan fingerprint density at radius 1 is 1.21 bits per heavy atom. The average molecular weight is 263 g/mol. The number of carbonyl (C=O) groups excluding carboxylic acids is 1. The molecular weight excluding hydrogens is 250 g/mol. The fraction of sp³-hybridized carbons (Fsp3) is 0.231. The zero-order valence-electron chi connectivity index (χ0n) is 10.0. The van der Waals surface area contributed by atoms with Gasteiger partial charge in [0, 0.05) is 0 Å². The van der Waals surface area contributed by atoms with E-state index in [0.29, 0.717) is 11.5 Å². The summed E-state index contributed by atoms with van der Waals surface area (Å²) in [5, 5.41) is 11.5. The van der Waals surface area contributed by atoms with Gasteiger partial charge in [0.05, 0.1) is 25.5 Å². The van der Waals surface area contributed by atoms with Crippen molar-refractivity contribution in [1.82, 2.24) is 5.32 Å². The number of carboxylic acid groups (broad SMARTS) is 1. The molecule has 0 aromatic carbocycles. The summed E-state index contributed by atoms with van der Waals surface area (Å²) < 4.78 is 10.2. The summed E-state index contributed by atoms with van der Waals surface area (Å²) in [4.78, 5) is 22.8. The monoisotopic (exact) mass is 263 g/mol. The smallest absolute Gasteiger partial charge is 0.304 e. The van der Waals surface area contributed by atoms with Gasteiger partial charge in [-0.05, 0) is 24.3 Å². The lowest BCUT2D eigenvalue weighted by atomic mass is 10.0. The minimum atomic E-state index is -1.06. The Hall–Kier alpha value is -2.50. The van der Waals surface area contributed by atoms with Gasteiger partial charge in [-0.15, -0.1) is 0 Å². The number of carbonyl (C=O) groups is 2. The van der Waals surface area contributed by atoms with E-state index < -0.39 is 17.8 Å². The summed E-state index contributed by atoms with van der Waals surface area (Å²) in [6.07, 6.45) is 2.59. The molecule has 1 amide bonds. The minimum absolute atomic E-state index is 0.211. The van der Waals surface area contributed by atoms with Gasteiger partial charge in [-0.3, -0.25) is 9.59 Å². The van der Waals surface area contributed by atoms with Crippen molar-refractivity contribution in [2.75, 3.05) is 0 Å². The molecule has 100 valence electrons. The Kier molecular flexibility index (Phi) is 4.02. The van der Waals surface area contributed by atoms with Crippen molar-refractivity contribution in [2.45, 2.75) is 18.9 Å². The summed E-state index contributed by atoms with van der Waals surface area (Å²) in [6, 6.07) is 6.63. The highest BCUT2D eigenvalue weighted by molar-refractivity contribution is 5.87. The molecule has 0 aliphatic carbocycles. The molecule has 0 spiro atoms. The SMILES string of the molecule is O=C(O)CC(C(=O)NCc1ccco1)c1ccco1. The zero-order chi connectivity index (χ0) is 13.7. The molecule has 2 aromatic heterocycles. The number of nitrogens with one attached hydrogen (secondary N) is 1. The Bertz CT molecular complexity index is 529. The second-order valence-corrected chi connectivity index (χ2v) is 3.96. The van der Waals surface area contributed by atoms with E-state index in [1.165, 1.54) is 12.5 Å². The normalized spacial score (nSPS) is 12.0. The van der Waals surface area contributed by atoms with E-state index in [1.807, 2.05) is 0 Å². The van der Waals surface area contributed by atoms with Gasteiger partial charge in [0.2, 0.25) is 5.91 Å². The molecule has 1 unspecified atom stereocenters. The average Bonchev–Trinajstić information content (AvgIpc) is 3.05. The molecular formula is C13H13NO5. The summed E-state index contributed by atoms with van der Waals surface area (Å²) in [7, 11) is 0. The second-order valence-electron chi connectivity index (χ2n) is 3.96. The Morgan fingerprint density at radius 3 is 2.53 bits per heavy atom. The van der Waals surface area contributed by atoms with E-state index in [1.54, 1.807) is 24.3 Å². The van der Waals surface area contributed by atoms with Crippen molar-refractivity contribution in [2.24, 2.45) is 0 Å². The first-order chi connectivity index (χ1) is 9.16. The first kappa shape index (κ1) is 12.9. The third-order valence-corrected chi connectivity index (χ3v) is 2.60. The molecule has 6 heteroatoms. The maximum absolute atomic E-state index is 12.0. The van der Waals surface area contributed by atoms with Crippen LogP contribution in [0, 0.1) is 0 Å². The van der Waals surface area contributed by atoms with Crippen LogP contribution in [0.5, 0.6) is 0 Å². The summed E-state index contributed by atoms with van der Waals surface area (Å²) in [5.74, 6) is -1.38. The number of aliphatic carboxylic acids is 1. The van der Waals surface area contributed by atoms with Gasteiger partial charge < -0.3 is 19.3 Å². The first-order valence-electron chi connectivity index (χ1n) is 5.72. The van der Waals surface area contributed by atoms with Gasteiger partial charge in [0.1, 0.15) is 17.4 Å². The molecule has 2 heterocycles. The van der Waals surface area contributed by atoms with Gasteiger partial charge in [-0.2, -0.15) is 0 Å². The van der Waals surface area contributed by atoms with Crippen molar-refractivity contribution in [3.8, 4) is 0 Å². The molecule has 0 radical (unpaired) electrons. The quantitative estimate of drug-likeness (QED) is 0.828. The lowest BCUT2D eigenvalue weighted by Gasteiger charge is -2.12. The Balaban J connectivity index is 2.01. The van der Waals surface area contributed by atoms with Gasteiger partial charge >= 0.3 is 5.97 Å². The van der Waals surface area contributed by atoms with E-state index in [2.05, 4.69) is 5.32 Å². The van der Waals surface area contributed by atoms with Crippen LogP contribution in [0.4, 0.5) is 0 Å².